The smallest absolute Gasteiger partial charge is 0.0458 e. The SMILES string of the molecule is CCCCCCCCC1CCc2c([nH]c3ccccc23)C1. The highest BCUT2D eigenvalue weighted by Crippen LogP contribution is 2.33. The van der Waals surface area contributed by atoms with Crippen molar-refractivity contribution in [2.75, 3.05) is 0 Å². The molecule has 0 radical (unpaired) electrons. The minimum absolute atomic E-state index is 0.914. The van der Waals surface area contributed by atoms with E-state index in [0.29, 0.717) is 0 Å². The third-order valence-electron chi connectivity index (χ3n) is 5.16. The fraction of sp³-hybridized carbons (Fsp3) is 0.600. The maximum atomic E-state index is 3.66. The Morgan fingerprint density at radius 1 is 1.05 bits per heavy atom. The molecule has 2 aromatic rings. The molecular formula is C20H29N. The molecule has 0 saturated heterocycles. The third-order valence-corrected chi connectivity index (χ3v) is 5.16. The first-order chi connectivity index (χ1) is 10.4. The Labute approximate surface area is 129 Å². The van der Waals surface area contributed by atoms with E-state index in [9.17, 15) is 0 Å². The molecule has 0 fully saturated rings. The van der Waals surface area contributed by atoms with Crippen LogP contribution in [0.5, 0.6) is 0 Å². The molecule has 1 aromatic carbocycles. The van der Waals surface area contributed by atoms with Gasteiger partial charge in [0.15, 0.2) is 0 Å². The monoisotopic (exact) mass is 283 g/mol. The van der Waals surface area contributed by atoms with E-state index in [1.165, 1.54) is 80.8 Å². The summed E-state index contributed by atoms with van der Waals surface area (Å²) in [5.74, 6) is 0.914. The van der Waals surface area contributed by atoms with Gasteiger partial charge in [-0.25, -0.2) is 0 Å². The van der Waals surface area contributed by atoms with Gasteiger partial charge in [-0.1, -0.05) is 70.1 Å². The van der Waals surface area contributed by atoms with Gasteiger partial charge in [0.2, 0.25) is 0 Å². The summed E-state index contributed by atoms with van der Waals surface area (Å²) in [6.07, 6.45) is 13.9. The molecule has 1 aliphatic carbocycles. The van der Waals surface area contributed by atoms with E-state index >= 15 is 0 Å². The van der Waals surface area contributed by atoms with E-state index in [0.717, 1.165) is 5.92 Å². The Morgan fingerprint density at radius 3 is 2.76 bits per heavy atom. The maximum absolute atomic E-state index is 3.66. The number of aromatic nitrogens is 1. The lowest BCUT2D eigenvalue weighted by Gasteiger charge is -2.22. The highest BCUT2D eigenvalue weighted by Gasteiger charge is 2.21. The minimum Gasteiger partial charge on any atom is -0.358 e. The van der Waals surface area contributed by atoms with Crippen LogP contribution in [0.4, 0.5) is 0 Å². The number of rotatable bonds is 7. The predicted octanol–water partition coefficient (Wildman–Crippen LogP) is 6.02. The summed E-state index contributed by atoms with van der Waals surface area (Å²) < 4.78 is 0. The number of hydrogen-bond acceptors (Lipinski definition) is 0. The van der Waals surface area contributed by atoms with Crippen LogP contribution < -0.4 is 0 Å². The first-order valence-electron chi connectivity index (χ1n) is 8.97. The van der Waals surface area contributed by atoms with E-state index < -0.39 is 0 Å². The van der Waals surface area contributed by atoms with Gasteiger partial charge in [0.1, 0.15) is 0 Å². The zero-order chi connectivity index (χ0) is 14.5. The number of benzene rings is 1. The second kappa shape index (κ2) is 7.15. The second-order valence-electron chi connectivity index (χ2n) is 6.79. The molecule has 3 rings (SSSR count). The minimum atomic E-state index is 0.914. The lowest BCUT2D eigenvalue weighted by atomic mass is 9.84. The zero-order valence-electron chi connectivity index (χ0n) is 13.5. The average Bonchev–Trinajstić information content (AvgIpc) is 2.88. The highest BCUT2D eigenvalue weighted by molar-refractivity contribution is 5.84. The topological polar surface area (TPSA) is 15.8 Å². The molecule has 0 amide bonds. The Balaban J connectivity index is 1.51. The average molecular weight is 283 g/mol. The summed E-state index contributed by atoms with van der Waals surface area (Å²) in [5.41, 5.74) is 4.46. The van der Waals surface area contributed by atoms with Crippen LogP contribution >= 0.6 is 0 Å². The van der Waals surface area contributed by atoms with Crippen LogP contribution in [0.15, 0.2) is 24.3 Å². The normalized spacial score (nSPS) is 18.0. The van der Waals surface area contributed by atoms with Crippen LogP contribution in [0.2, 0.25) is 0 Å². The van der Waals surface area contributed by atoms with Gasteiger partial charge in [0, 0.05) is 16.6 Å². The van der Waals surface area contributed by atoms with Crippen LogP contribution in [0, 0.1) is 5.92 Å². The molecule has 1 nitrogen and oxygen atoms in total. The van der Waals surface area contributed by atoms with E-state index in [1.54, 1.807) is 5.56 Å². The van der Waals surface area contributed by atoms with E-state index in [2.05, 4.69) is 36.2 Å². The lowest BCUT2D eigenvalue weighted by Crippen LogP contribution is -2.13. The van der Waals surface area contributed by atoms with E-state index in [1.807, 2.05) is 0 Å². The van der Waals surface area contributed by atoms with Crippen molar-refractivity contribution in [3.05, 3.63) is 35.5 Å². The molecule has 0 bridgehead atoms. The van der Waals surface area contributed by atoms with Gasteiger partial charge in [-0.05, 0) is 36.8 Å². The summed E-state index contributed by atoms with van der Waals surface area (Å²) in [7, 11) is 0. The molecule has 1 heteroatoms. The molecule has 1 unspecified atom stereocenters. The summed E-state index contributed by atoms with van der Waals surface area (Å²) in [6, 6.07) is 8.80. The number of hydrogen-bond donors (Lipinski definition) is 1. The first kappa shape index (κ1) is 14.7. The summed E-state index contributed by atoms with van der Waals surface area (Å²) in [4.78, 5) is 3.66. The molecular weight excluding hydrogens is 254 g/mol. The molecule has 1 aromatic heterocycles. The lowest BCUT2D eigenvalue weighted by molar-refractivity contribution is 0.402. The number of para-hydroxylation sites is 1. The number of unbranched alkanes of at least 4 members (excludes halogenated alkanes) is 5. The van der Waals surface area contributed by atoms with Gasteiger partial charge in [0.05, 0.1) is 0 Å². The number of aryl methyl sites for hydroxylation is 1. The number of aromatic amines is 1. The zero-order valence-corrected chi connectivity index (χ0v) is 13.5. The van der Waals surface area contributed by atoms with Crippen molar-refractivity contribution in [2.45, 2.75) is 71.1 Å². The molecule has 0 spiro atoms. The molecule has 1 aliphatic rings. The number of H-pyrrole nitrogens is 1. The van der Waals surface area contributed by atoms with Crippen molar-refractivity contribution < 1.29 is 0 Å². The van der Waals surface area contributed by atoms with E-state index in [-0.39, 0.29) is 0 Å². The highest BCUT2D eigenvalue weighted by atomic mass is 14.7. The summed E-state index contributed by atoms with van der Waals surface area (Å²) >= 11 is 0. The molecule has 21 heavy (non-hydrogen) atoms. The van der Waals surface area contributed by atoms with Crippen molar-refractivity contribution in [3.63, 3.8) is 0 Å². The number of nitrogens with one attached hydrogen (secondary N) is 1. The molecule has 0 saturated carbocycles. The van der Waals surface area contributed by atoms with Gasteiger partial charge in [-0.2, -0.15) is 0 Å². The van der Waals surface area contributed by atoms with Crippen LogP contribution in [0.1, 0.15) is 69.5 Å². The van der Waals surface area contributed by atoms with Gasteiger partial charge >= 0.3 is 0 Å². The molecule has 1 atom stereocenters. The largest absolute Gasteiger partial charge is 0.358 e. The van der Waals surface area contributed by atoms with E-state index in [4.69, 9.17) is 0 Å². The fourth-order valence-electron chi connectivity index (χ4n) is 3.91. The Morgan fingerprint density at radius 2 is 1.86 bits per heavy atom. The fourth-order valence-corrected chi connectivity index (χ4v) is 3.91. The Bertz CT molecular complexity index is 566. The maximum Gasteiger partial charge on any atom is 0.0458 e. The quantitative estimate of drug-likeness (QED) is 0.598. The van der Waals surface area contributed by atoms with Crippen LogP contribution in [0.25, 0.3) is 10.9 Å². The van der Waals surface area contributed by atoms with Gasteiger partial charge < -0.3 is 4.98 Å². The Kier molecular flexibility index (Phi) is 5.00. The molecule has 0 aliphatic heterocycles. The van der Waals surface area contributed by atoms with Crippen molar-refractivity contribution in [2.24, 2.45) is 5.92 Å². The van der Waals surface area contributed by atoms with Crippen molar-refractivity contribution in [1.29, 1.82) is 0 Å². The molecule has 1 heterocycles. The second-order valence-corrected chi connectivity index (χ2v) is 6.79. The molecule has 1 N–H and O–H groups in total. The van der Waals surface area contributed by atoms with Crippen LogP contribution in [-0.4, -0.2) is 4.98 Å². The van der Waals surface area contributed by atoms with Gasteiger partial charge in [-0.3, -0.25) is 0 Å². The van der Waals surface area contributed by atoms with Crippen LogP contribution in [-0.2, 0) is 12.8 Å². The van der Waals surface area contributed by atoms with Gasteiger partial charge in [0.25, 0.3) is 0 Å². The summed E-state index contributed by atoms with van der Waals surface area (Å²) in [6.45, 7) is 2.29. The standard InChI is InChI=1S/C20H29N/c1-2-3-4-5-6-7-10-16-13-14-18-17-11-8-9-12-19(17)21-20(18)15-16/h8-9,11-12,16,21H,2-7,10,13-15H2,1H3. The third kappa shape index (κ3) is 3.51. The molecule has 114 valence electrons. The first-order valence-corrected chi connectivity index (χ1v) is 8.97. The Hall–Kier alpha value is -1.24. The predicted molar refractivity (Wildman–Crippen MR) is 91.8 cm³/mol. The van der Waals surface area contributed by atoms with Gasteiger partial charge in [-0.15, -0.1) is 0 Å². The van der Waals surface area contributed by atoms with Crippen LogP contribution in [0.3, 0.4) is 0 Å². The number of fused-ring (bicyclic) bond motifs is 3. The summed E-state index contributed by atoms with van der Waals surface area (Å²) in [5, 5.41) is 1.46. The van der Waals surface area contributed by atoms with Crippen molar-refractivity contribution >= 4 is 10.9 Å². The van der Waals surface area contributed by atoms with Crippen molar-refractivity contribution in [3.8, 4) is 0 Å². The van der Waals surface area contributed by atoms with Crippen molar-refractivity contribution in [1.82, 2.24) is 4.98 Å².